The molecule has 2 nitrogen and oxygen atoms in total. The van der Waals surface area contributed by atoms with Gasteiger partial charge >= 0.3 is 0 Å². The molecule has 1 atom stereocenters. The predicted molar refractivity (Wildman–Crippen MR) is 90.0 cm³/mol. The van der Waals surface area contributed by atoms with E-state index in [1.807, 2.05) is 12.1 Å². The van der Waals surface area contributed by atoms with Crippen LogP contribution in [0.2, 0.25) is 10.0 Å². The second kappa shape index (κ2) is 6.27. The van der Waals surface area contributed by atoms with Crippen LogP contribution < -0.4 is 5.73 Å². The summed E-state index contributed by atoms with van der Waals surface area (Å²) in [5.74, 6) is 0.617. The molecule has 0 aromatic heterocycles. The topological polar surface area (TPSA) is 29.3 Å². The van der Waals surface area contributed by atoms with Crippen LogP contribution in [0.4, 0.5) is 5.69 Å². The number of halogens is 2. The molecule has 1 aliphatic heterocycles. The fraction of sp³-hybridized carbons (Fsp3) is 0.294. The largest absolute Gasteiger partial charge is 0.396 e. The summed E-state index contributed by atoms with van der Waals surface area (Å²) in [5, 5.41) is 1.08. The van der Waals surface area contributed by atoms with Crippen LogP contribution in [0.1, 0.15) is 23.5 Å². The zero-order valence-electron chi connectivity index (χ0n) is 11.7. The minimum absolute atomic E-state index is 0.464. The Morgan fingerprint density at radius 2 is 1.76 bits per heavy atom. The highest BCUT2D eigenvalue weighted by atomic mass is 35.5. The Kier molecular flexibility index (Phi) is 4.39. The van der Waals surface area contributed by atoms with E-state index in [0.29, 0.717) is 21.7 Å². The summed E-state index contributed by atoms with van der Waals surface area (Å²) in [6, 6.07) is 14.5. The number of rotatable bonds is 3. The molecule has 110 valence electrons. The number of hydrogen-bond donors (Lipinski definition) is 1. The fourth-order valence-electron chi connectivity index (χ4n) is 2.96. The molecule has 3 rings (SSSR count). The first-order valence-electron chi connectivity index (χ1n) is 7.14. The van der Waals surface area contributed by atoms with E-state index in [9.17, 15) is 0 Å². The molecular formula is C17H18Cl2N2. The summed E-state index contributed by atoms with van der Waals surface area (Å²) in [4.78, 5) is 2.44. The smallest absolute Gasteiger partial charge is 0.0693 e. The van der Waals surface area contributed by atoms with E-state index in [2.05, 4.69) is 35.2 Å². The Labute approximate surface area is 135 Å². The lowest BCUT2D eigenvalue weighted by atomic mass is 9.99. The lowest BCUT2D eigenvalue weighted by molar-refractivity contribution is 0.327. The molecule has 0 aliphatic carbocycles. The van der Waals surface area contributed by atoms with Gasteiger partial charge in [0.2, 0.25) is 0 Å². The highest BCUT2D eigenvalue weighted by Crippen LogP contribution is 2.31. The Hall–Kier alpha value is -1.22. The van der Waals surface area contributed by atoms with Gasteiger partial charge in [0.15, 0.2) is 0 Å². The van der Waals surface area contributed by atoms with Crippen LogP contribution in [-0.4, -0.2) is 18.0 Å². The average Bonchev–Trinajstić information content (AvgIpc) is 2.94. The number of hydrogen-bond acceptors (Lipinski definition) is 2. The van der Waals surface area contributed by atoms with Gasteiger partial charge in [0.25, 0.3) is 0 Å². The van der Waals surface area contributed by atoms with Crippen LogP contribution in [0.25, 0.3) is 0 Å². The summed E-state index contributed by atoms with van der Waals surface area (Å²) in [6.07, 6.45) is 1.19. The van der Waals surface area contributed by atoms with Crippen molar-refractivity contribution in [1.82, 2.24) is 4.90 Å². The molecule has 1 aliphatic rings. The van der Waals surface area contributed by atoms with Crippen molar-refractivity contribution in [2.24, 2.45) is 0 Å². The SMILES string of the molecule is Nc1c(Cl)cc(CN2CCC(c3ccccc3)C2)cc1Cl. The van der Waals surface area contributed by atoms with Crippen LogP contribution >= 0.6 is 23.2 Å². The van der Waals surface area contributed by atoms with Gasteiger partial charge in [-0.1, -0.05) is 53.5 Å². The van der Waals surface area contributed by atoms with Gasteiger partial charge in [-0.15, -0.1) is 0 Å². The van der Waals surface area contributed by atoms with E-state index in [1.165, 1.54) is 12.0 Å². The van der Waals surface area contributed by atoms with E-state index in [1.54, 1.807) is 0 Å². The Bertz CT molecular complexity index is 605. The van der Waals surface area contributed by atoms with Gasteiger partial charge in [0, 0.05) is 13.1 Å². The molecule has 1 saturated heterocycles. The minimum Gasteiger partial charge on any atom is -0.396 e. The molecule has 1 unspecified atom stereocenters. The fourth-order valence-corrected chi connectivity index (χ4v) is 3.49. The zero-order chi connectivity index (χ0) is 14.8. The predicted octanol–water partition coefficient (Wildman–Crippen LogP) is 4.57. The normalized spacial score (nSPS) is 19.0. The molecule has 4 heteroatoms. The van der Waals surface area contributed by atoms with E-state index in [4.69, 9.17) is 28.9 Å². The maximum atomic E-state index is 6.10. The maximum absolute atomic E-state index is 6.10. The summed E-state index contributed by atoms with van der Waals surface area (Å²) in [7, 11) is 0. The third-order valence-electron chi connectivity index (χ3n) is 4.09. The molecule has 1 heterocycles. The number of nitrogens with zero attached hydrogens (tertiary/aromatic N) is 1. The van der Waals surface area contributed by atoms with Crippen LogP contribution in [-0.2, 0) is 6.54 Å². The van der Waals surface area contributed by atoms with Crippen molar-refractivity contribution in [2.45, 2.75) is 18.9 Å². The van der Waals surface area contributed by atoms with Crippen LogP contribution in [0.15, 0.2) is 42.5 Å². The van der Waals surface area contributed by atoms with E-state index < -0.39 is 0 Å². The zero-order valence-corrected chi connectivity index (χ0v) is 13.2. The van der Waals surface area contributed by atoms with Crippen molar-refractivity contribution in [2.75, 3.05) is 18.8 Å². The highest BCUT2D eigenvalue weighted by Gasteiger charge is 2.23. The lowest BCUT2D eigenvalue weighted by Gasteiger charge is -2.17. The molecular weight excluding hydrogens is 303 g/mol. The summed E-state index contributed by atoms with van der Waals surface area (Å²) in [5.41, 5.74) is 8.79. The maximum Gasteiger partial charge on any atom is 0.0693 e. The molecule has 2 aromatic carbocycles. The van der Waals surface area contributed by atoms with Gasteiger partial charge < -0.3 is 5.73 Å². The van der Waals surface area contributed by atoms with Crippen molar-refractivity contribution < 1.29 is 0 Å². The third kappa shape index (κ3) is 3.34. The molecule has 0 saturated carbocycles. The Morgan fingerprint density at radius 3 is 2.43 bits per heavy atom. The van der Waals surface area contributed by atoms with Gasteiger partial charge in [0.05, 0.1) is 15.7 Å². The van der Waals surface area contributed by atoms with Crippen molar-refractivity contribution in [3.63, 3.8) is 0 Å². The van der Waals surface area contributed by atoms with Gasteiger partial charge in [-0.2, -0.15) is 0 Å². The molecule has 0 bridgehead atoms. The molecule has 2 N–H and O–H groups in total. The first-order valence-corrected chi connectivity index (χ1v) is 7.90. The monoisotopic (exact) mass is 320 g/mol. The van der Waals surface area contributed by atoms with Gasteiger partial charge in [-0.05, 0) is 42.1 Å². The van der Waals surface area contributed by atoms with Crippen molar-refractivity contribution in [3.05, 3.63) is 63.6 Å². The Morgan fingerprint density at radius 1 is 1.10 bits per heavy atom. The van der Waals surface area contributed by atoms with E-state index in [-0.39, 0.29) is 0 Å². The highest BCUT2D eigenvalue weighted by molar-refractivity contribution is 6.38. The number of nitrogens with two attached hydrogens (primary N) is 1. The molecule has 2 aromatic rings. The molecule has 0 radical (unpaired) electrons. The molecule has 21 heavy (non-hydrogen) atoms. The van der Waals surface area contributed by atoms with Crippen molar-refractivity contribution in [3.8, 4) is 0 Å². The van der Waals surface area contributed by atoms with E-state index >= 15 is 0 Å². The minimum atomic E-state index is 0.464. The quantitative estimate of drug-likeness (QED) is 0.840. The number of anilines is 1. The second-order valence-electron chi connectivity index (χ2n) is 5.60. The Balaban J connectivity index is 1.68. The van der Waals surface area contributed by atoms with E-state index in [0.717, 1.165) is 25.2 Å². The lowest BCUT2D eigenvalue weighted by Crippen LogP contribution is -2.19. The van der Waals surface area contributed by atoms with Crippen LogP contribution in [0.3, 0.4) is 0 Å². The molecule has 0 amide bonds. The second-order valence-corrected chi connectivity index (χ2v) is 6.42. The summed E-state index contributed by atoms with van der Waals surface area (Å²) in [6.45, 7) is 3.03. The molecule has 1 fully saturated rings. The summed E-state index contributed by atoms with van der Waals surface area (Å²) < 4.78 is 0. The molecule has 0 spiro atoms. The van der Waals surface area contributed by atoms with Gasteiger partial charge in [0.1, 0.15) is 0 Å². The number of likely N-dealkylation sites (tertiary alicyclic amines) is 1. The number of benzene rings is 2. The van der Waals surface area contributed by atoms with Crippen LogP contribution in [0.5, 0.6) is 0 Å². The first-order chi connectivity index (χ1) is 10.1. The third-order valence-corrected chi connectivity index (χ3v) is 4.71. The number of nitrogen functional groups attached to an aromatic ring is 1. The van der Waals surface area contributed by atoms with Crippen molar-refractivity contribution in [1.29, 1.82) is 0 Å². The van der Waals surface area contributed by atoms with Gasteiger partial charge in [-0.25, -0.2) is 0 Å². The standard InChI is InChI=1S/C17H18Cl2N2/c18-15-8-12(9-16(19)17(15)20)10-21-7-6-14(11-21)13-4-2-1-3-5-13/h1-5,8-9,14H,6-7,10-11,20H2. The first kappa shape index (κ1) is 14.7. The average molecular weight is 321 g/mol. The van der Waals surface area contributed by atoms with Crippen LogP contribution in [0, 0.1) is 0 Å². The summed E-state index contributed by atoms with van der Waals surface area (Å²) >= 11 is 12.2. The van der Waals surface area contributed by atoms with Crippen molar-refractivity contribution >= 4 is 28.9 Å². The van der Waals surface area contributed by atoms with Gasteiger partial charge in [-0.3, -0.25) is 4.90 Å².